The number of ketones is 2. The van der Waals surface area contributed by atoms with Crippen molar-refractivity contribution in [3.63, 3.8) is 0 Å². The number of benzene rings is 1. The Morgan fingerprint density at radius 1 is 1.29 bits per heavy atom. The molecule has 7 N–H and O–H groups in total. The number of phenolic OH excluding ortho intramolecular Hbond substituents is 1. The van der Waals surface area contributed by atoms with Crippen molar-refractivity contribution in [3.05, 3.63) is 52.3 Å². The van der Waals surface area contributed by atoms with Crippen LogP contribution in [-0.2, 0) is 27.3 Å². The number of aliphatic hydroxyl groups is 3. The standard InChI is InChI=1S/C25H29N3O7/c1-4-5-27-10-12-8-15(28(2)3)14-7-11-6-13-9-16(29)19(24(26)34)23(33)25(13,35)22(32)17(11)21(31)18(14)20(12)30/h4,8,11,13,27,30-31,33,35H,1,5-7,9-10H2,2-3H3,(H2,26,34)/t11-,13+,25+/m1/s1. The maximum atomic E-state index is 13.6. The van der Waals surface area contributed by atoms with Crippen molar-refractivity contribution in [3.8, 4) is 5.75 Å². The number of rotatable bonds is 6. The number of nitrogens with one attached hydrogen (secondary N) is 1. The van der Waals surface area contributed by atoms with Gasteiger partial charge in [0.25, 0.3) is 5.91 Å². The third-order valence-electron chi connectivity index (χ3n) is 7.21. The molecule has 1 aromatic rings. The molecule has 1 aromatic carbocycles. The van der Waals surface area contributed by atoms with E-state index in [-0.39, 0.29) is 42.7 Å². The summed E-state index contributed by atoms with van der Waals surface area (Å²) in [6.45, 7) is 4.40. The molecule has 0 radical (unpaired) electrons. The summed E-state index contributed by atoms with van der Waals surface area (Å²) in [4.78, 5) is 39.6. The number of anilines is 1. The summed E-state index contributed by atoms with van der Waals surface area (Å²) >= 11 is 0. The van der Waals surface area contributed by atoms with E-state index < -0.39 is 52.0 Å². The Labute approximate surface area is 202 Å². The van der Waals surface area contributed by atoms with Gasteiger partial charge >= 0.3 is 0 Å². The second-order valence-electron chi connectivity index (χ2n) is 9.48. The number of aliphatic hydroxyl groups excluding tert-OH is 2. The third kappa shape index (κ3) is 3.52. The van der Waals surface area contributed by atoms with Crippen LogP contribution in [0.4, 0.5) is 5.69 Å². The van der Waals surface area contributed by atoms with Crippen LogP contribution in [0.15, 0.2) is 35.6 Å². The third-order valence-corrected chi connectivity index (χ3v) is 7.21. The smallest absolute Gasteiger partial charge is 0.255 e. The molecule has 0 aliphatic heterocycles. The Morgan fingerprint density at radius 2 is 1.97 bits per heavy atom. The van der Waals surface area contributed by atoms with Crippen molar-refractivity contribution < 1.29 is 34.8 Å². The lowest BCUT2D eigenvalue weighted by atomic mass is 9.59. The van der Waals surface area contributed by atoms with Gasteiger partial charge in [-0.25, -0.2) is 0 Å². The van der Waals surface area contributed by atoms with Crippen molar-refractivity contribution in [2.45, 2.75) is 31.4 Å². The summed E-state index contributed by atoms with van der Waals surface area (Å²) in [5, 5.41) is 47.5. The van der Waals surface area contributed by atoms with Crippen molar-refractivity contribution in [1.29, 1.82) is 0 Å². The van der Waals surface area contributed by atoms with E-state index in [9.17, 15) is 34.8 Å². The number of nitrogens with zero attached hydrogens (tertiary/aromatic N) is 1. The lowest BCUT2D eigenvalue weighted by Gasteiger charge is -2.46. The molecule has 3 aliphatic carbocycles. The molecular formula is C25H29N3O7. The van der Waals surface area contributed by atoms with Gasteiger partial charge in [-0.3, -0.25) is 14.4 Å². The number of hydrogen-bond donors (Lipinski definition) is 6. The van der Waals surface area contributed by atoms with E-state index in [1.165, 1.54) is 0 Å². The Kier molecular flexibility index (Phi) is 5.98. The molecule has 0 unspecified atom stereocenters. The van der Waals surface area contributed by atoms with Crippen LogP contribution in [0.25, 0.3) is 5.76 Å². The number of aromatic hydroxyl groups is 1. The molecule has 0 saturated heterocycles. The molecule has 186 valence electrons. The first-order valence-electron chi connectivity index (χ1n) is 11.3. The SMILES string of the molecule is C=CCNCc1cc(N(C)C)c2c(c1O)C(O)=C1C(=O)[C@]3(O)C(O)=C(C(N)=O)C(=O)C[C@@H]3C[C@@H]1C2. The Morgan fingerprint density at radius 3 is 2.57 bits per heavy atom. The Balaban J connectivity index is 1.91. The van der Waals surface area contributed by atoms with Crippen molar-refractivity contribution in [2.75, 3.05) is 25.5 Å². The van der Waals surface area contributed by atoms with E-state index in [1.807, 2.05) is 19.0 Å². The first kappa shape index (κ1) is 24.5. The second kappa shape index (κ2) is 8.54. The van der Waals surface area contributed by atoms with E-state index in [0.717, 1.165) is 5.69 Å². The van der Waals surface area contributed by atoms with Crippen molar-refractivity contribution >= 4 is 28.9 Å². The number of fused-ring (bicyclic) bond motifs is 3. The summed E-state index contributed by atoms with van der Waals surface area (Å²) in [6.07, 6.45) is 1.68. The van der Waals surface area contributed by atoms with Crippen LogP contribution in [-0.4, -0.2) is 64.1 Å². The maximum absolute atomic E-state index is 13.6. The van der Waals surface area contributed by atoms with Crippen LogP contribution >= 0.6 is 0 Å². The zero-order valence-electron chi connectivity index (χ0n) is 19.6. The van der Waals surface area contributed by atoms with Crippen LogP contribution in [0.5, 0.6) is 5.75 Å². The fourth-order valence-electron chi connectivity index (χ4n) is 5.57. The molecule has 1 amide bonds. The fraction of sp³-hybridized carbons (Fsp3) is 0.400. The summed E-state index contributed by atoms with van der Waals surface area (Å²) in [5.74, 6) is -6.34. The highest BCUT2D eigenvalue weighted by Gasteiger charge is 2.60. The number of amides is 1. The monoisotopic (exact) mass is 483 g/mol. The van der Waals surface area contributed by atoms with Gasteiger partial charge in [-0.1, -0.05) is 6.08 Å². The number of nitrogens with two attached hydrogens (primary N) is 1. The number of carbonyl (C=O) groups excluding carboxylic acids is 3. The molecular weight excluding hydrogens is 454 g/mol. The number of carbonyl (C=O) groups is 3. The number of primary amides is 1. The van der Waals surface area contributed by atoms with Crippen LogP contribution in [0, 0.1) is 11.8 Å². The van der Waals surface area contributed by atoms with E-state index in [2.05, 4.69) is 11.9 Å². The largest absolute Gasteiger partial charge is 0.508 e. The predicted octanol–water partition coefficient (Wildman–Crippen LogP) is 0.766. The minimum atomic E-state index is -2.57. The summed E-state index contributed by atoms with van der Waals surface area (Å²) in [5.41, 5.74) is 3.63. The molecule has 3 aliphatic rings. The van der Waals surface area contributed by atoms with E-state index in [4.69, 9.17) is 5.73 Å². The van der Waals surface area contributed by atoms with Gasteiger partial charge < -0.3 is 36.4 Å². The van der Waals surface area contributed by atoms with E-state index in [1.54, 1.807) is 12.1 Å². The number of Topliss-reactive ketones (excluding diaryl/α,β-unsaturated/α-hetero) is 2. The zero-order valence-corrected chi connectivity index (χ0v) is 19.6. The highest BCUT2D eigenvalue weighted by molar-refractivity contribution is 6.22. The number of phenols is 1. The van der Waals surface area contributed by atoms with Crippen molar-refractivity contribution in [1.82, 2.24) is 5.32 Å². The lowest BCUT2D eigenvalue weighted by Crippen LogP contribution is -2.58. The lowest BCUT2D eigenvalue weighted by molar-refractivity contribution is -0.147. The molecule has 1 saturated carbocycles. The number of hydrogen-bond acceptors (Lipinski definition) is 9. The molecule has 3 atom stereocenters. The normalized spacial score (nSPS) is 25.7. The first-order valence-corrected chi connectivity index (χ1v) is 11.3. The molecule has 10 heteroatoms. The summed E-state index contributed by atoms with van der Waals surface area (Å²) in [6, 6.07) is 1.81. The average molecular weight is 484 g/mol. The average Bonchev–Trinajstić information content (AvgIpc) is 2.77. The van der Waals surface area contributed by atoms with Gasteiger partial charge in [-0.05, 0) is 30.4 Å². The van der Waals surface area contributed by atoms with E-state index >= 15 is 0 Å². The van der Waals surface area contributed by atoms with E-state index in [0.29, 0.717) is 17.7 Å². The molecule has 0 aromatic heterocycles. The summed E-state index contributed by atoms with van der Waals surface area (Å²) < 4.78 is 0. The zero-order chi connectivity index (χ0) is 25.8. The maximum Gasteiger partial charge on any atom is 0.255 e. The van der Waals surface area contributed by atoms with Gasteiger partial charge in [0.15, 0.2) is 11.4 Å². The second-order valence-corrected chi connectivity index (χ2v) is 9.48. The quantitative estimate of drug-likeness (QED) is 0.194. The minimum Gasteiger partial charge on any atom is -0.508 e. The molecule has 35 heavy (non-hydrogen) atoms. The van der Waals surface area contributed by atoms with Gasteiger partial charge in [0.05, 0.1) is 5.56 Å². The fourth-order valence-corrected chi connectivity index (χ4v) is 5.57. The summed E-state index contributed by atoms with van der Waals surface area (Å²) in [7, 11) is 3.64. The molecule has 0 bridgehead atoms. The highest BCUT2D eigenvalue weighted by Crippen LogP contribution is 2.53. The van der Waals surface area contributed by atoms with Gasteiger partial charge in [0.1, 0.15) is 22.8 Å². The topological polar surface area (TPSA) is 173 Å². The molecule has 1 fully saturated rings. The van der Waals surface area contributed by atoms with Crippen LogP contribution in [0.3, 0.4) is 0 Å². The Hall–Kier alpha value is -3.63. The Bertz CT molecular complexity index is 1230. The van der Waals surface area contributed by atoms with Gasteiger partial charge in [-0.15, -0.1) is 6.58 Å². The van der Waals surface area contributed by atoms with Crippen molar-refractivity contribution in [2.24, 2.45) is 17.6 Å². The predicted molar refractivity (Wildman–Crippen MR) is 128 cm³/mol. The van der Waals surface area contributed by atoms with Crippen LogP contribution < -0.4 is 16.0 Å². The molecule has 4 rings (SSSR count). The molecule has 10 nitrogen and oxygen atoms in total. The molecule has 0 heterocycles. The van der Waals surface area contributed by atoms with Gasteiger partial charge in [0.2, 0.25) is 5.78 Å². The van der Waals surface area contributed by atoms with Gasteiger partial charge in [-0.2, -0.15) is 0 Å². The highest BCUT2D eigenvalue weighted by atomic mass is 16.3. The molecule has 0 spiro atoms. The first-order chi connectivity index (χ1) is 16.4. The van der Waals surface area contributed by atoms with Crippen LogP contribution in [0.1, 0.15) is 29.5 Å². The van der Waals surface area contributed by atoms with Crippen LogP contribution in [0.2, 0.25) is 0 Å². The van der Waals surface area contributed by atoms with Gasteiger partial charge in [0, 0.05) is 56.3 Å². The minimum absolute atomic E-state index is 0.0822.